The van der Waals surface area contributed by atoms with Gasteiger partial charge in [-0.1, -0.05) is 65.1 Å². The van der Waals surface area contributed by atoms with Gasteiger partial charge < -0.3 is 28.3 Å². The second-order valence-corrected chi connectivity index (χ2v) is 28.7. The Hall–Kier alpha value is -4.39. The van der Waals surface area contributed by atoms with Crippen molar-refractivity contribution in [1.82, 2.24) is 39.0 Å². The van der Waals surface area contributed by atoms with Crippen LogP contribution in [0.25, 0.3) is 22.3 Å². The molecule has 0 spiro atoms. The summed E-state index contributed by atoms with van der Waals surface area (Å²) in [7, 11) is -2.80. The molecule has 7 heterocycles. The zero-order chi connectivity index (χ0) is 49.6. The lowest BCUT2D eigenvalue weighted by molar-refractivity contribution is -0.118. The van der Waals surface area contributed by atoms with Crippen molar-refractivity contribution in [3.8, 4) is 6.07 Å². The fourth-order valence-corrected chi connectivity index (χ4v) is 12.2. The topological polar surface area (TPSA) is 280 Å². The number of hydrogen-bond acceptors (Lipinski definition) is 19. The van der Waals surface area contributed by atoms with Gasteiger partial charge in [0.2, 0.25) is 11.9 Å². The number of alkyl halides is 1. The average molecular weight is 1050 g/mol. The summed E-state index contributed by atoms with van der Waals surface area (Å²) in [5.74, 6) is -1.47. The van der Waals surface area contributed by atoms with Crippen molar-refractivity contribution in [1.29, 1.82) is 5.26 Å². The van der Waals surface area contributed by atoms with Crippen LogP contribution in [0, 0.1) is 17.2 Å². The fraction of sp³-hybridized carbons (Fsp3) is 0.525. The van der Waals surface area contributed by atoms with Crippen LogP contribution in [0.2, 0.25) is 18.1 Å². The van der Waals surface area contributed by atoms with Crippen LogP contribution in [0.4, 0.5) is 16.2 Å². The molecule has 0 aliphatic carbocycles. The molecule has 3 saturated heterocycles. The molecular weight excluding hydrogens is 1000 g/mol. The standard InChI is InChI=1S/C40H50FN11O12P2S2Si/c1-21(2)34(53)49-39-48-33-27(36(55)50-39)46-20-52(33)38-30-29(64-69(6,7)40(3,4)5)24(61-38)16-58-65(56,67)62-28-23(17-59-66(68,63-30)57-15-11-14-42)60-37(25(28)41)51-19-45-26-31(43-18-44-32(26)51)47-35(54)22-12-9-8-10-13-22/h8-10,12-13,18-21,23-25,28-30,37-38H,11,15-17H2,1-7H3,(H,56,67)(H,43,44,47,54)(H2,48,49,50,53,55)/t23-,24-,25-,28-,29-,30-,37-,38-,65?,66?/m1/s1. The summed E-state index contributed by atoms with van der Waals surface area (Å²) < 4.78 is 85.0. The minimum atomic E-state index is -4.56. The molecule has 0 radical (unpaired) electrons. The van der Waals surface area contributed by atoms with Crippen LogP contribution >= 0.6 is 25.8 Å². The number of hydrogen-bond donors (Lipinski definition) is 4. The van der Waals surface area contributed by atoms with Gasteiger partial charge in [0, 0.05) is 11.5 Å². The van der Waals surface area contributed by atoms with Gasteiger partial charge in [0.15, 0.2) is 55.1 Å². The van der Waals surface area contributed by atoms with Crippen LogP contribution in [0.15, 0.2) is 54.1 Å². The first-order valence-electron chi connectivity index (χ1n) is 21.6. The molecule has 5 aromatic rings. The molecule has 370 valence electrons. The van der Waals surface area contributed by atoms with Crippen LogP contribution < -0.4 is 16.2 Å². The van der Waals surface area contributed by atoms with E-state index in [2.05, 4.69) is 52.8 Å². The highest BCUT2D eigenvalue weighted by Crippen LogP contribution is 2.60. The molecule has 2 unspecified atom stereocenters. The Labute approximate surface area is 405 Å². The third-order valence-corrected chi connectivity index (χ3v) is 20.4. The fourth-order valence-electron chi connectivity index (χ4n) is 7.31. The average Bonchev–Trinajstić information content (AvgIpc) is 4.06. The van der Waals surface area contributed by atoms with Crippen LogP contribution in [-0.4, -0.2) is 116 Å². The second kappa shape index (κ2) is 20.0. The summed E-state index contributed by atoms with van der Waals surface area (Å²) in [6.45, 7) is 3.27. The van der Waals surface area contributed by atoms with Gasteiger partial charge in [-0.05, 0) is 42.1 Å². The predicted molar refractivity (Wildman–Crippen MR) is 255 cm³/mol. The van der Waals surface area contributed by atoms with E-state index in [9.17, 15) is 24.2 Å². The zero-order valence-corrected chi connectivity index (χ0v) is 42.7. The SMILES string of the molecule is CC(C)C(=O)Nc1nc2c(ncn2[C@@H]2O[C@@H]3COP(=O)(S)O[C@H]4[C@@H](F)[C@H](n5cnc6c(NC(=O)c7ccccc7)ncnc65)O[C@@H]4COP(=S)(OCCC#N)O[C@@H]2[C@@H]3O[Si](C)(C)C(C)(C)C)c(=O)[nH]1. The van der Waals surface area contributed by atoms with Crippen LogP contribution in [0.5, 0.6) is 0 Å². The van der Waals surface area contributed by atoms with E-state index in [1.54, 1.807) is 44.2 Å². The zero-order valence-electron chi connectivity index (χ0n) is 38.2. The quantitative estimate of drug-likeness (QED) is 0.0486. The number of benzene rings is 1. The van der Waals surface area contributed by atoms with Crippen LogP contribution in [0.3, 0.4) is 0 Å². The van der Waals surface area contributed by atoms with Gasteiger partial charge in [0.25, 0.3) is 11.5 Å². The number of amides is 2. The third kappa shape index (κ3) is 10.8. The largest absolute Gasteiger partial charge is 0.408 e. The van der Waals surface area contributed by atoms with E-state index in [1.165, 1.54) is 21.8 Å². The van der Waals surface area contributed by atoms with Crippen LogP contribution in [0.1, 0.15) is 63.9 Å². The lowest BCUT2D eigenvalue weighted by Crippen LogP contribution is -2.50. The van der Waals surface area contributed by atoms with Gasteiger partial charge in [-0.3, -0.25) is 47.4 Å². The van der Waals surface area contributed by atoms with E-state index in [4.69, 9.17) is 48.3 Å². The van der Waals surface area contributed by atoms with Crippen molar-refractivity contribution in [3.63, 3.8) is 0 Å². The Kier molecular flexibility index (Phi) is 14.8. The van der Waals surface area contributed by atoms with Gasteiger partial charge in [0.05, 0.1) is 45.0 Å². The molecule has 1 aromatic carbocycles. The number of aromatic amines is 1. The number of imidazole rings is 2. The molecule has 2 bridgehead atoms. The highest BCUT2D eigenvalue weighted by molar-refractivity contribution is 8.44. The number of carbonyl (C=O) groups excluding carboxylic acids is 2. The maximum atomic E-state index is 17.1. The van der Waals surface area contributed by atoms with E-state index in [-0.39, 0.29) is 47.1 Å². The van der Waals surface area contributed by atoms with E-state index in [0.29, 0.717) is 5.56 Å². The Morgan fingerprint density at radius 3 is 2.38 bits per heavy atom. The Morgan fingerprint density at radius 1 is 1.00 bits per heavy atom. The summed E-state index contributed by atoms with van der Waals surface area (Å²) in [6, 6.07) is 10.4. The number of fused-ring (bicyclic) bond motifs is 5. The molecule has 8 rings (SSSR count). The van der Waals surface area contributed by atoms with Crippen molar-refractivity contribution in [2.24, 2.45) is 5.92 Å². The van der Waals surface area contributed by atoms with E-state index in [1.807, 2.05) is 39.9 Å². The van der Waals surface area contributed by atoms with Gasteiger partial charge in [-0.25, -0.2) is 28.9 Å². The van der Waals surface area contributed by atoms with Gasteiger partial charge in [-0.2, -0.15) is 10.2 Å². The van der Waals surface area contributed by atoms with Gasteiger partial charge >= 0.3 is 13.5 Å². The molecule has 3 aliphatic rings. The Balaban J connectivity index is 1.17. The number of thiol groups is 1. The molecular formula is C40H50FN11O12P2S2Si. The number of carbonyl (C=O) groups is 2. The first kappa shape index (κ1) is 51.0. The smallest absolute Gasteiger partial charge is 0.386 e. The first-order valence-corrected chi connectivity index (χ1v) is 29.8. The van der Waals surface area contributed by atoms with Gasteiger partial charge in [0.1, 0.15) is 36.8 Å². The molecule has 29 heteroatoms. The van der Waals surface area contributed by atoms with Gasteiger partial charge in [-0.15, -0.1) is 0 Å². The highest BCUT2D eigenvalue weighted by atomic mass is 32.7. The second-order valence-electron chi connectivity index (χ2n) is 18.1. The molecule has 10 atom stereocenters. The van der Waals surface area contributed by atoms with Crippen LogP contribution in [-0.2, 0) is 57.7 Å². The molecule has 3 aliphatic heterocycles. The number of rotatable bonds is 11. The van der Waals surface area contributed by atoms with E-state index < -0.39 is 113 Å². The maximum Gasteiger partial charge on any atom is 0.386 e. The molecule has 0 saturated carbocycles. The summed E-state index contributed by atoms with van der Waals surface area (Å²) in [4.78, 5) is 63.3. The third-order valence-electron chi connectivity index (χ3n) is 11.9. The number of H-pyrrole nitrogens is 1. The summed E-state index contributed by atoms with van der Waals surface area (Å²) in [5, 5.41) is 14.4. The molecule has 3 N–H and O–H groups in total. The summed E-state index contributed by atoms with van der Waals surface area (Å²) in [6.07, 6.45) is -8.10. The minimum Gasteiger partial charge on any atom is -0.408 e. The first-order chi connectivity index (χ1) is 32.6. The Morgan fingerprint density at radius 2 is 1.68 bits per heavy atom. The lowest BCUT2D eigenvalue weighted by atomic mass is 10.1. The van der Waals surface area contributed by atoms with Crippen molar-refractivity contribution in [2.75, 3.05) is 30.5 Å². The van der Waals surface area contributed by atoms with E-state index in [0.717, 1.165) is 6.33 Å². The van der Waals surface area contributed by atoms with Crippen molar-refractivity contribution < 1.29 is 55.1 Å². The Bertz CT molecular complexity index is 2940. The van der Waals surface area contributed by atoms with Crippen molar-refractivity contribution in [2.45, 2.75) is 108 Å². The minimum absolute atomic E-state index is 0.0294. The number of ether oxygens (including phenoxy) is 2. The summed E-state index contributed by atoms with van der Waals surface area (Å²) >= 11 is 10.4. The normalized spacial score (nSPS) is 28.9. The monoisotopic (exact) mass is 1050 g/mol. The van der Waals surface area contributed by atoms with E-state index >= 15 is 4.39 Å². The summed E-state index contributed by atoms with van der Waals surface area (Å²) in [5.41, 5.74) is -0.286. The number of anilines is 2. The molecule has 2 amide bonds. The van der Waals surface area contributed by atoms with Crippen molar-refractivity contribution >= 4 is 91.8 Å². The number of aromatic nitrogens is 8. The van der Waals surface area contributed by atoms with Crippen molar-refractivity contribution in [3.05, 3.63) is 65.2 Å². The predicted octanol–water partition coefficient (Wildman–Crippen LogP) is 6.34. The molecule has 69 heavy (non-hydrogen) atoms. The number of nitrogens with one attached hydrogen (secondary N) is 3. The number of halogens is 1. The maximum absolute atomic E-state index is 17.1. The molecule has 4 aromatic heterocycles. The number of nitrogens with zero attached hydrogens (tertiary/aromatic N) is 8. The number of nitriles is 1. The lowest BCUT2D eigenvalue weighted by Gasteiger charge is -2.41. The highest BCUT2D eigenvalue weighted by Gasteiger charge is 2.56. The molecule has 23 nitrogen and oxygen atoms in total. The molecule has 3 fully saturated rings.